The number of fused-ring (bicyclic) bond motifs is 1. The highest BCUT2D eigenvalue weighted by atomic mass is 32.2. The van der Waals surface area contributed by atoms with Crippen molar-refractivity contribution in [3.63, 3.8) is 0 Å². The number of benzene rings is 2. The molecule has 0 bridgehead atoms. The minimum Gasteiger partial charge on any atom is -0.462 e. The van der Waals surface area contributed by atoms with Crippen LogP contribution in [0.4, 0.5) is 18.9 Å². The zero-order valence-corrected chi connectivity index (χ0v) is 21.6. The summed E-state index contributed by atoms with van der Waals surface area (Å²) in [5.74, 6) is 0.161. The van der Waals surface area contributed by atoms with E-state index in [1.807, 2.05) is 19.9 Å². The normalized spacial score (nSPS) is 17.9. The minimum atomic E-state index is -4.47. The zero-order valence-electron chi connectivity index (χ0n) is 20.8. The molecule has 1 unspecified atom stereocenters. The number of nitrogens with zero attached hydrogens (tertiary/aromatic N) is 2. The second kappa shape index (κ2) is 11.0. The molecule has 0 aliphatic carbocycles. The van der Waals surface area contributed by atoms with Crippen LogP contribution in [0.3, 0.4) is 0 Å². The number of anilines is 1. The first-order chi connectivity index (χ1) is 17.5. The lowest BCUT2D eigenvalue weighted by Crippen LogP contribution is -2.42. The SMILES string of the molecule is CC1=C(C(=O)OCC(C)C)C(c2cccc(NC(=O)c3ccc(C(F)(F)F)cc3)c2)N2CCCSC2=N1. The molecule has 0 saturated carbocycles. The molecule has 0 aromatic heterocycles. The molecule has 1 saturated heterocycles. The molecule has 2 aromatic rings. The molecule has 10 heteroatoms. The zero-order chi connectivity index (χ0) is 26.7. The second-order valence-corrected chi connectivity index (χ2v) is 10.4. The van der Waals surface area contributed by atoms with E-state index < -0.39 is 29.7 Å². The maximum Gasteiger partial charge on any atom is 0.416 e. The lowest BCUT2D eigenvalue weighted by atomic mass is 9.94. The Kier molecular flexibility index (Phi) is 7.96. The minimum absolute atomic E-state index is 0.103. The molecule has 1 N–H and O–H groups in total. The van der Waals surface area contributed by atoms with Crippen molar-refractivity contribution in [3.8, 4) is 0 Å². The van der Waals surface area contributed by atoms with Gasteiger partial charge in [0.05, 0.1) is 29.5 Å². The number of nitrogens with one attached hydrogen (secondary N) is 1. The summed E-state index contributed by atoms with van der Waals surface area (Å²) in [5, 5.41) is 3.60. The van der Waals surface area contributed by atoms with Gasteiger partial charge in [-0.1, -0.05) is 37.7 Å². The monoisotopic (exact) mass is 531 g/mol. The molecule has 6 nitrogen and oxygen atoms in total. The summed E-state index contributed by atoms with van der Waals surface area (Å²) in [6.07, 6.45) is -3.55. The molecule has 1 atom stereocenters. The third-order valence-electron chi connectivity index (χ3n) is 5.96. The Morgan fingerprint density at radius 3 is 2.59 bits per heavy atom. The molecular weight excluding hydrogens is 503 g/mol. The van der Waals surface area contributed by atoms with Gasteiger partial charge in [-0.2, -0.15) is 13.2 Å². The van der Waals surface area contributed by atoms with E-state index in [0.29, 0.717) is 23.5 Å². The Hall–Kier alpha value is -3.27. The molecule has 1 amide bonds. The number of aliphatic imine (C=N–C) groups is 1. The number of allylic oxidation sites excluding steroid dienone is 1. The van der Waals surface area contributed by atoms with Gasteiger partial charge in [0.25, 0.3) is 5.91 Å². The van der Waals surface area contributed by atoms with Gasteiger partial charge in [-0.25, -0.2) is 9.79 Å². The summed E-state index contributed by atoms with van der Waals surface area (Å²) in [7, 11) is 0. The van der Waals surface area contributed by atoms with Crippen LogP contribution in [0.1, 0.15) is 54.7 Å². The molecular formula is C27H28F3N3O3S. The number of carbonyl (C=O) groups is 2. The van der Waals surface area contributed by atoms with Crippen molar-refractivity contribution in [1.82, 2.24) is 4.90 Å². The first-order valence-corrected chi connectivity index (χ1v) is 13.0. The Bertz CT molecular complexity index is 1240. The van der Waals surface area contributed by atoms with Gasteiger partial charge >= 0.3 is 12.1 Å². The van der Waals surface area contributed by atoms with Crippen LogP contribution in [0.15, 0.2) is 64.8 Å². The molecule has 0 spiro atoms. The van der Waals surface area contributed by atoms with Crippen LogP contribution in [0, 0.1) is 5.92 Å². The van der Waals surface area contributed by atoms with E-state index in [1.165, 1.54) is 0 Å². The number of thioether (sulfide) groups is 1. The van der Waals surface area contributed by atoms with Crippen molar-refractivity contribution in [2.75, 3.05) is 24.2 Å². The molecule has 2 heterocycles. The third-order valence-corrected chi connectivity index (χ3v) is 7.04. The fraction of sp³-hybridized carbons (Fsp3) is 0.370. The Morgan fingerprint density at radius 2 is 1.92 bits per heavy atom. The summed E-state index contributed by atoms with van der Waals surface area (Å²) in [6.45, 7) is 6.74. The molecule has 2 aliphatic rings. The van der Waals surface area contributed by atoms with Gasteiger partial charge in [0.2, 0.25) is 0 Å². The van der Waals surface area contributed by atoms with Gasteiger partial charge in [0, 0.05) is 23.5 Å². The number of hydrogen-bond donors (Lipinski definition) is 1. The average Bonchev–Trinajstić information content (AvgIpc) is 2.86. The van der Waals surface area contributed by atoms with Crippen molar-refractivity contribution >= 4 is 34.5 Å². The topological polar surface area (TPSA) is 71.0 Å². The van der Waals surface area contributed by atoms with Crippen LogP contribution >= 0.6 is 11.8 Å². The van der Waals surface area contributed by atoms with Crippen LogP contribution in [0.25, 0.3) is 0 Å². The number of halogens is 3. The second-order valence-electron chi connectivity index (χ2n) is 9.34. The fourth-order valence-electron chi connectivity index (χ4n) is 4.20. The summed E-state index contributed by atoms with van der Waals surface area (Å²) in [6, 6.07) is 10.7. The molecule has 37 heavy (non-hydrogen) atoms. The Labute approximate surface area is 218 Å². The first-order valence-electron chi connectivity index (χ1n) is 12.0. The number of esters is 1. The van der Waals surface area contributed by atoms with Crippen LogP contribution < -0.4 is 5.32 Å². The highest BCUT2D eigenvalue weighted by molar-refractivity contribution is 8.13. The number of amides is 1. The van der Waals surface area contributed by atoms with Crippen molar-refractivity contribution in [2.24, 2.45) is 10.9 Å². The van der Waals surface area contributed by atoms with Gasteiger partial charge in [-0.3, -0.25) is 4.79 Å². The molecule has 2 aliphatic heterocycles. The molecule has 2 aromatic carbocycles. The van der Waals surface area contributed by atoms with Gasteiger partial charge in [-0.05, 0) is 61.2 Å². The van der Waals surface area contributed by atoms with Crippen LogP contribution in [-0.2, 0) is 15.7 Å². The van der Waals surface area contributed by atoms with Crippen molar-refractivity contribution < 1.29 is 27.5 Å². The van der Waals surface area contributed by atoms with Crippen LogP contribution in [-0.4, -0.2) is 40.8 Å². The van der Waals surface area contributed by atoms with E-state index in [2.05, 4.69) is 15.2 Å². The molecule has 0 radical (unpaired) electrons. The predicted octanol–water partition coefficient (Wildman–Crippen LogP) is 6.28. The fourth-order valence-corrected chi connectivity index (χ4v) is 5.22. The van der Waals surface area contributed by atoms with Gasteiger partial charge in [-0.15, -0.1) is 0 Å². The highest BCUT2D eigenvalue weighted by Gasteiger charge is 2.38. The van der Waals surface area contributed by atoms with E-state index in [-0.39, 0.29) is 18.1 Å². The Morgan fingerprint density at radius 1 is 1.19 bits per heavy atom. The Balaban J connectivity index is 1.62. The number of carbonyl (C=O) groups excluding carboxylic acids is 2. The number of ether oxygens (including phenoxy) is 1. The van der Waals surface area contributed by atoms with Gasteiger partial charge in [0.1, 0.15) is 0 Å². The lowest BCUT2D eigenvalue weighted by Gasteiger charge is -2.40. The van der Waals surface area contributed by atoms with E-state index in [4.69, 9.17) is 4.74 Å². The van der Waals surface area contributed by atoms with E-state index in [1.54, 1.807) is 36.9 Å². The number of alkyl halides is 3. The largest absolute Gasteiger partial charge is 0.462 e. The van der Waals surface area contributed by atoms with Crippen molar-refractivity contribution in [2.45, 2.75) is 39.4 Å². The highest BCUT2D eigenvalue weighted by Crippen LogP contribution is 2.40. The summed E-state index contributed by atoms with van der Waals surface area (Å²) >= 11 is 1.64. The van der Waals surface area contributed by atoms with Gasteiger partial charge < -0.3 is 15.0 Å². The summed E-state index contributed by atoms with van der Waals surface area (Å²) in [5.41, 5.74) is 1.57. The van der Waals surface area contributed by atoms with Crippen LogP contribution in [0.5, 0.6) is 0 Å². The number of amidine groups is 1. The average molecular weight is 532 g/mol. The van der Waals surface area contributed by atoms with E-state index in [0.717, 1.165) is 47.2 Å². The molecule has 196 valence electrons. The number of rotatable bonds is 6. The summed E-state index contributed by atoms with van der Waals surface area (Å²) < 4.78 is 44.2. The number of hydrogen-bond acceptors (Lipinski definition) is 6. The van der Waals surface area contributed by atoms with E-state index in [9.17, 15) is 22.8 Å². The van der Waals surface area contributed by atoms with Crippen LogP contribution in [0.2, 0.25) is 0 Å². The quantitative estimate of drug-likeness (QED) is 0.444. The van der Waals surface area contributed by atoms with Crippen molar-refractivity contribution in [1.29, 1.82) is 0 Å². The van der Waals surface area contributed by atoms with E-state index >= 15 is 0 Å². The predicted molar refractivity (Wildman–Crippen MR) is 138 cm³/mol. The third kappa shape index (κ3) is 6.18. The summed E-state index contributed by atoms with van der Waals surface area (Å²) in [4.78, 5) is 32.7. The lowest BCUT2D eigenvalue weighted by molar-refractivity contribution is -0.141. The smallest absolute Gasteiger partial charge is 0.416 e. The maximum atomic E-state index is 13.2. The van der Waals surface area contributed by atoms with Crippen molar-refractivity contribution in [3.05, 3.63) is 76.5 Å². The standard InChI is InChI=1S/C27H28F3N3O3S/c1-16(2)15-36-25(35)22-17(3)31-26-33(12-5-13-37-26)23(22)19-6-4-7-21(14-19)32-24(34)18-8-10-20(11-9-18)27(28,29)30/h4,6-11,14,16,23H,5,12-13,15H2,1-3H3,(H,32,34). The molecule has 1 fully saturated rings. The van der Waals surface area contributed by atoms with Gasteiger partial charge in [0.15, 0.2) is 5.17 Å². The maximum absolute atomic E-state index is 13.2. The molecule has 4 rings (SSSR count). The first kappa shape index (κ1) is 26.8.